The molecule has 0 unspecified atom stereocenters. The van der Waals surface area contributed by atoms with Crippen LogP contribution < -0.4 is 10.9 Å². The Kier molecular flexibility index (Phi) is 5.93. The monoisotopic (exact) mass is 404 g/mol. The molecule has 0 aromatic carbocycles. The Morgan fingerprint density at radius 3 is 2.81 bits per heavy atom. The molecular formula is C18H20N4O3S2. The number of thioether (sulfide) groups is 1. The molecule has 0 spiro atoms. The Morgan fingerprint density at radius 2 is 2.15 bits per heavy atom. The van der Waals surface area contributed by atoms with Crippen molar-refractivity contribution >= 4 is 51.7 Å². The van der Waals surface area contributed by atoms with E-state index in [-0.39, 0.29) is 17.5 Å². The maximum absolute atomic E-state index is 13.0. The zero-order valence-electron chi connectivity index (χ0n) is 15.3. The van der Waals surface area contributed by atoms with Gasteiger partial charge in [-0.25, -0.2) is 4.98 Å². The van der Waals surface area contributed by atoms with Crippen molar-refractivity contribution in [3.8, 4) is 0 Å². The average molecular weight is 405 g/mol. The van der Waals surface area contributed by atoms with Gasteiger partial charge in [0.1, 0.15) is 15.8 Å². The number of anilines is 1. The quantitative estimate of drug-likeness (QED) is 0.450. The molecule has 2 aromatic heterocycles. The van der Waals surface area contributed by atoms with Crippen molar-refractivity contribution in [2.75, 3.05) is 25.6 Å². The summed E-state index contributed by atoms with van der Waals surface area (Å²) in [5.74, 6) is 0.221. The van der Waals surface area contributed by atoms with Crippen LogP contribution in [0.3, 0.4) is 0 Å². The average Bonchev–Trinajstić information content (AvgIpc) is 2.92. The molecule has 2 aromatic rings. The molecule has 0 radical (unpaired) electrons. The fourth-order valence-corrected chi connectivity index (χ4v) is 4.20. The van der Waals surface area contributed by atoms with Crippen LogP contribution in [-0.2, 0) is 9.53 Å². The highest BCUT2D eigenvalue weighted by atomic mass is 32.2. The number of carbonyl (C=O) groups is 1. The number of amides is 1. The summed E-state index contributed by atoms with van der Waals surface area (Å²) >= 11 is 6.51. The second-order valence-electron chi connectivity index (χ2n) is 6.17. The van der Waals surface area contributed by atoms with Crippen LogP contribution in [-0.4, -0.2) is 50.8 Å². The SMILES string of the molecule is COCCNc1nc2ccccn2c(=O)c1/C=C1\SC(=S)N(C(C)C)C1=O. The van der Waals surface area contributed by atoms with Crippen LogP contribution >= 0.6 is 24.0 Å². The van der Waals surface area contributed by atoms with Gasteiger partial charge in [-0.15, -0.1) is 0 Å². The zero-order chi connectivity index (χ0) is 19.6. The van der Waals surface area contributed by atoms with Gasteiger partial charge in [-0.1, -0.05) is 30.0 Å². The van der Waals surface area contributed by atoms with Gasteiger partial charge >= 0.3 is 0 Å². The summed E-state index contributed by atoms with van der Waals surface area (Å²) in [5.41, 5.74) is 0.587. The van der Waals surface area contributed by atoms with E-state index in [9.17, 15) is 9.59 Å². The van der Waals surface area contributed by atoms with Gasteiger partial charge in [0.2, 0.25) is 0 Å². The Labute approximate surface area is 166 Å². The third-order valence-electron chi connectivity index (χ3n) is 3.98. The van der Waals surface area contributed by atoms with Crippen molar-refractivity contribution in [1.29, 1.82) is 0 Å². The van der Waals surface area contributed by atoms with E-state index in [4.69, 9.17) is 17.0 Å². The number of methoxy groups -OCH3 is 1. The van der Waals surface area contributed by atoms with Crippen LogP contribution in [0.4, 0.5) is 5.82 Å². The van der Waals surface area contributed by atoms with Crippen LogP contribution in [0.15, 0.2) is 34.1 Å². The Balaban J connectivity index is 2.10. The predicted molar refractivity (Wildman–Crippen MR) is 112 cm³/mol. The van der Waals surface area contributed by atoms with Gasteiger partial charge in [0.05, 0.1) is 17.1 Å². The summed E-state index contributed by atoms with van der Waals surface area (Å²) < 4.78 is 7.00. The van der Waals surface area contributed by atoms with E-state index in [0.29, 0.717) is 39.4 Å². The number of ether oxygens (including phenoxy) is 1. The van der Waals surface area contributed by atoms with Crippen molar-refractivity contribution < 1.29 is 9.53 Å². The number of carbonyl (C=O) groups excluding carboxylic acids is 1. The fourth-order valence-electron chi connectivity index (χ4n) is 2.70. The lowest BCUT2D eigenvalue weighted by molar-refractivity contribution is -0.123. The number of pyridine rings is 1. The third kappa shape index (κ3) is 3.90. The van der Waals surface area contributed by atoms with Gasteiger partial charge in [0.15, 0.2) is 0 Å². The minimum absolute atomic E-state index is 0.0430. The summed E-state index contributed by atoms with van der Waals surface area (Å²) in [6.07, 6.45) is 3.23. The molecule has 1 N–H and O–H groups in total. The topological polar surface area (TPSA) is 75.9 Å². The van der Waals surface area contributed by atoms with Crippen LogP contribution in [0.1, 0.15) is 19.4 Å². The van der Waals surface area contributed by atoms with Crippen LogP contribution in [0.2, 0.25) is 0 Å². The molecule has 142 valence electrons. The number of fused-ring (bicyclic) bond motifs is 1. The minimum atomic E-state index is -0.254. The van der Waals surface area contributed by atoms with Crippen LogP contribution in [0.25, 0.3) is 11.7 Å². The molecule has 1 amide bonds. The van der Waals surface area contributed by atoms with E-state index < -0.39 is 0 Å². The molecule has 0 atom stereocenters. The molecule has 0 saturated carbocycles. The van der Waals surface area contributed by atoms with Crippen LogP contribution in [0.5, 0.6) is 0 Å². The van der Waals surface area contributed by atoms with Gasteiger partial charge in [0.25, 0.3) is 11.5 Å². The van der Waals surface area contributed by atoms with Crippen molar-refractivity contribution in [1.82, 2.24) is 14.3 Å². The highest BCUT2D eigenvalue weighted by Gasteiger charge is 2.34. The Bertz CT molecular complexity index is 984. The molecular weight excluding hydrogens is 384 g/mol. The molecule has 1 fully saturated rings. The second-order valence-corrected chi connectivity index (χ2v) is 7.85. The largest absolute Gasteiger partial charge is 0.383 e. The molecule has 3 heterocycles. The Morgan fingerprint density at radius 1 is 1.37 bits per heavy atom. The zero-order valence-corrected chi connectivity index (χ0v) is 16.9. The van der Waals surface area contributed by atoms with E-state index in [2.05, 4.69) is 10.3 Å². The third-order valence-corrected chi connectivity index (χ3v) is 5.31. The normalized spacial score (nSPS) is 16.1. The molecule has 1 aliphatic heterocycles. The molecule has 0 bridgehead atoms. The van der Waals surface area contributed by atoms with Gasteiger partial charge in [-0.2, -0.15) is 0 Å². The second kappa shape index (κ2) is 8.20. The van der Waals surface area contributed by atoms with Gasteiger partial charge in [0, 0.05) is 25.9 Å². The summed E-state index contributed by atoms with van der Waals surface area (Å²) in [4.78, 5) is 32.2. The molecule has 3 rings (SSSR count). The summed E-state index contributed by atoms with van der Waals surface area (Å²) in [7, 11) is 1.60. The number of aromatic nitrogens is 2. The first-order valence-corrected chi connectivity index (χ1v) is 9.67. The predicted octanol–water partition coefficient (Wildman–Crippen LogP) is 2.36. The number of hydrogen-bond acceptors (Lipinski definition) is 7. The Hall–Kier alpha value is -2.23. The first-order valence-electron chi connectivity index (χ1n) is 8.45. The highest BCUT2D eigenvalue weighted by molar-refractivity contribution is 8.26. The van der Waals surface area contributed by atoms with Gasteiger partial charge in [-0.05, 0) is 32.1 Å². The van der Waals surface area contributed by atoms with Gasteiger partial charge in [-0.3, -0.25) is 18.9 Å². The van der Waals surface area contributed by atoms with Crippen molar-refractivity contribution in [2.45, 2.75) is 19.9 Å². The van der Waals surface area contributed by atoms with E-state index in [1.54, 1.807) is 36.4 Å². The van der Waals surface area contributed by atoms with E-state index in [0.717, 1.165) is 0 Å². The van der Waals surface area contributed by atoms with E-state index >= 15 is 0 Å². The molecule has 0 aliphatic carbocycles. The fraction of sp³-hybridized carbons (Fsp3) is 0.333. The molecule has 1 aliphatic rings. The first-order chi connectivity index (χ1) is 12.9. The lowest BCUT2D eigenvalue weighted by atomic mass is 10.2. The van der Waals surface area contributed by atoms with Gasteiger partial charge < -0.3 is 10.1 Å². The standard InChI is InChI=1S/C18H20N4O3S2/c1-11(2)22-17(24)13(27-18(22)26)10-12-15(19-7-9-25-3)20-14-6-4-5-8-21(14)16(12)23/h4-6,8,10-11,19H,7,9H2,1-3H3/b13-10-. The van der Waals surface area contributed by atoms with E-state index in [1.807, 2.05) is 19.9 Å². The highest BCUT2D eigenvalue weighted by Crippen LogP contribution is 2.34. The molecule has 9 heteroatoms. The minimum Gasteiger partial charge on any atom is -0.383 e. The molecule has 1 saturated heterocycles. The lowest BCUT2D eigenvalue weighted by Crippen LogP contribution is -2.34. The first kappa shape index (κ1) is 19.5. The maximum atomic E-state index is 13.0. The number of nitrogens with one attached hydrogen (secondary N) is 1. The number of rotatable bonds is 6. The van der Waals surface area contributed by atoms with Crippen molar-refractivity contribution in [2.24, 2.45) is 0 Å². The summed E-state index contributed by atoms with van der Waals surface area (Å²) in [6, 6.07) is 5.29. The number of thiocarbonyl (C=S) groups is 1. The molecule has 27 heavy (non-hydrogen) atoms. The number of nitrogens with zero attached hydrogens (tertiary/aromatic N) is 3. The van der Waals surface area contributed by atoms with Crippen molar-refractivity contribution in [3.05, 3.63) is 45.2 Å². The van der Waals surface area contributed by atoms with E-state index in [1.165, 1.54) is 16.2 Å². The summed E-state index contributed by atoms with van der Waals surface area (Å²) in [6.45, 7) is 4.75. The van der Waals surface area contributed by atoms with Crippen molar-refractivity contribution in [3.63, 3.8) is 0 Å². The van der Waals surface area contributed by atoms with Crippen LogP contribution in [0, 0.1) is 0 Å². The number of hydrogen-bond donors (Lipinski definition) is 1. The molecule has 7 nitrogen and oxygen atoms in total. The lowest BCUT2D eigenvalue weighted by Gasteiger charge is -2.18. The summed E-state index contributed by atoms with van der Waals surface area (Å²) in [5, 5.41) is 3.12. The smallest absolute Gasteiger partial charge is 0.267 e. The maximum Gasteiger partial charge on any atom is 0.267 e.